The third-order valence-corrected chi connectivity index (χ3v) is 6.17. The average Bonchev–Trinajstić information content (AvgIpc) is 3.35. The molecule has 2 atom stereocenters. The molecule has 0 N–H and O–H groups in total. The molecule has 0 aliphatic carbocycles. The molecule has 0 amide bonds. The molecule has 3 aromatic heterocycles. The fourth-order valence-electron chi connectivity index (χ4n) is 5.35. The Bertz CT molecular complexity index is 984. The van der Waals surface area contributed by atoms with E-state index in [-0.39, 0.29) is 0 Å². The fourth-order valence-corrected chi connectivity index (χ4v) is 5.35. The molecule has 6 nitrogen and oxygen atoms in total. The van der Waals surface area contributed by atoms with E-state index in [9.17, 15) is 0 Å². The molecule has 0 bridgehead atoms. The molecule has 0 radical (unpaired) electrons. The van der Waals surface area contributed by atoms with Gasteiger partial charge in [0.25, 0.3) is 0 Å². The van der Waals surface area contributed by atoms with Gasteiger partial charge in [0, 0.05) is 23.9 Å². The summed E-state index contributed by atoms with van der Waals surface area (Å²) in [5.41, 5.74) is 3.95. The lowest BCUT2D eigenvalue weighted by Crippen LogP contribution is -2.37. The SMILES string of the molecule is c1cnc2c(c1)CC1C3c4c(ncnc4N4c5ncccc5CC34)N21. The third kappa shape index (κ3) is 1.28. The summed E-state index contributed by atoms with van der Waals surface area (Å²) in [7, 11) is 0. The molecule has 7 rings (SSSR count). The van der Waals surface area contributed by atoms with Crippen molar-refractivity contribution in [3.63, 3.8) is 0 Å². The van der Waals surface area contributed by atoms with Crippen LogP contribution in [0.2, 0.25) is 0 Å². The predicted octanol–water partition coefficient (Wildman–Crippen LogP) is 2.50. The second-order valence-electron chi connectivity index (χ2n) is 7.22. The lowest BCUT2D eigenvalue weighted by Gasteiger charge is -2.28. The lowest BCUT2D eigenvalue weighted by atomic mass is 9.87. The van der Waals surface area contributed by atoms with Crippen LogP contribution >= 0.6 is 0 Å². The van der Waals surface area contributed by atoms with Crippen molar-refractivity contribution in [2.75, 3.05) is 9.80 Å². The van der Waals surface area contributed by atoms with Gasteiger partial charge in [-0.1, -0.05) is 12.1 Å². The topological polar surface area (TPSA) is 58.0 Å². The summed E-state index contributed by atoms with van der Waals surface area (Å²) in [6.07, 6.45) is 7.50. The van der Waals surface area contributed by atoms with Gasteiger partial charge in [-0.25, -0.2) is 19.9 Å². The van der Waals surface area contributed by atoms with Crippen LogP contribution in [0.1, 0.15) is 22.6 Å². The standard InChI is InChI=1S/C19H14N6/c1-3-10-7-12-14-13-8-11-4-2-6-21-17(11)25(13)19-15(14)18(22-9-23-19)24(12)16(10)20-5-1/h1-6,9,12-14H,7-8H2. The van der Waals surface area contributed by atoms with Crippen molar-refractivity contribution in [3.05, 3.63) is 59.7 Å². The Hall–Kier alpha value is -3.02. The minimum absolute atomic E-state index is 0.389. The largest absolute Gasteiger partial charge is 0.306 e. The maximum atomic E-state index is 4.66. The fraction of sp³-hybridized carbons (Fsp3) is 0.263. The number of hydrogen-bond acceptors (Lipinski definition) is 6. The number of rotatable bonds is 0. The molecule has 2 unspecified atom stereocenters. The number of nitrogens with zero attached hydrogens (tertiary/aromatic N) is 6. The monoisotopic (exact) mass is 326 g/mol. The molecular formula is C19H14N6. The quantitative estimate of drug-likeness (QED) is 0.633. The van der Waals surface area contributed by atoms with Crippen LogP contribution in [-0.4, -0.2) is 32.0 Å². The van der Waals surface area contributed by atoms with Crippen LogP contribution in [-0.2, 0) is 12.8 Å². The van der Waals surface area contributed by atoms with Crippen molar-refractivity contribution in [1.29, 1.82) is 0 Å². The number of anilines is 4. The second kappa shape index (κ2) is 3.96. The zero-order valence-electron chi connectivity index (χ0n) is 13.4. The van der Waals surface area contributed by atoms with Crippen LogP contribution in [0.25, 0.3) is 0 Å². The zero-order valence-corrected chi connectivity index (χ0v) is 13.4. The van der Waals surface area contributed by atoms with Gasteiger partial charge < -0.3 is 9.80 Å². The number of aromatic nitrogens is 4. The normalized spacial score (nSPS) is 26.3. The summed E-state index contributed by atoms with van der Waals surface area (Å²) in [4.78, 5) is 23.3. The highest BCUT2D eigenvalue weighted by molar-refractivity contribution is 5.84. The molecule has 6 heteroatoms. The molecule has 7 heterocycles. The summed E-state index contributed by atoms with van der Waals surface area (Å²) in [6, 6.07) is 9.23. The zero-order chi connectivity index (χ0) is 16.1. The highest BCUT2D eigenvalue weighted by Crippen LogP contribution is 2.61. The van der Waals surface area contributed by atoms with Gasteiger partial charge in [-0.05, 0) is 36.1 Å². The summed E-state index contributed by atoms with van der Waals surface area (Å²) >= 11 is 0. The van der Waals surface area contributed by atoms with Crippen molar-refractivity contribution in [3.8, 4) is 0 Å². The van der Waals surface area contributed by atoms with Gasteiger partial charge in [-0.2, -0.15) is 0 Å². The summed E-state index contributed by atoms with van der Waals surface area (Å²) in [5, 5.41) is 0. The lowest BCUT2D eigenvalue weighted by molar-refractivity contribution is 0.502. The van der Waals surface area contributed by atoms with Gasteiger partial charge >= 0.3 is 0 Å². The predicted molar refractivity (Wildman–Crippen MR) is 92.5 cm³/mol. The number of hydrogen-bond donors (Lipinski definition) is 0. The number of pyridine rings is 2. The van der Waals surface area contributed by atoms with E-state index >= 15 is 0 Å². The number of fused-ring (bicyclic) bond motifs is 10. The van der Waals surface area contributed by atoms with E-state index in [1.807, 2.05) is 24.5 Å². The molecular weight excluding hydrogens is 312 g/mol. The minimum atomic E-state index is 0.389. The minimum Gasteiger partial charge on any atom is -0.306 e. The van der Waals surface area contributed by atoms with Crippen LogP contribution in [0, 0.1) is 0 Å². The molecule has 3 aromatic rings. The first-order valence-electron chi connectivity index (χ1n) is 8.73. The van der Waals surface area contributed by atoms with Gasteiger partial charge in [-0.3, -0.25) is 0 Å². The van der Waals surface area contributed by atoms with E-state index in [0.29, 0.717) is 18.0 Å². The van der Waals surface area contributed by atoms with Gasteiger partial charge in [0.05, 0.1) is 12.1 Å². The molecule has 0 aromatic carbocycles. The van der Waals surface area contributed by atoms with Crippen molar-refractivity contribution in [1.82, 2.24) is 19.9 Å². The van der Waals surface area contributed by atoms with Crippen molar-refractivity contribution in [2.45, 2.75) is 30.8 Å². The van der Waals surface area contributed by atoms with Crippen molar-refractivity contribution < 1.29 is 0 Å². The first-order valence-corrected chi connectivity index (χ1v) is 8.73. The first kappa shape index (κ1) is 12.4. The third-order valence-electron chi connectivity index (χ3n) is 6.17. The van der Waals surface area contributed by atoms with Crippen molar-refractivity contribution >= 4 is 23.3 Å². The molecule has 25 heavy (non-hydrogen) atoms. The van der Waals surface area contributed by atoms with Gasteiger partial charge in [0.2, 0.25) is 0 Å². The molecule has 4 aliphatic heterocycles. The van der Waals surface area contributed by atoms with E-state index in [1.54, 1.807) is 6.33 Å². The summed E-state index contributed by atoms with van der Waals surface area (Å²) < 4.78 is 0. The maximum absolute atomic E-state index is 4.66. The molecule has 120 valence electrons. The summed E-state index contributed by atoms with van der Waals surface area (Å²) in [6.45, 7) is 0. The molecule has 4 aliphatic rings. The first-order chi connectivity index (χ1) is 12.4. The Morgan fingerprint density at radius 2 is 1.28 bits per heavy atom. The Morgan fingerprint density at radius 1 is 0.720 bits per heavy atom. The highest BCUT2D eigenvalue weighted by Gasteiger charge is 2.58. The van der Waals surface area contributed by atoms with Gasteiger partial charge in [-0.15, -0.1) is 0 Å². The van der Waals surface area contributed by atoms with E-state index in [2.05, 4.69) is 41.9 Å². The van der Waals surface area contributed by atoms with Crippen molar-refractivity contribution in [2.24, 2.45) is 0 Å². The Labute approximate surface area is 144 Å². The molecule has 0 fully saturated rings. The average molecular weight is 326 g/mol. The highest BCUT2D eigenvalue weighted by atomic mass is 15.4. The van der Waals surface area contributed by atoms with Crippen LogP contribution in [0.15, 0.2) is 43.0 Å². The molecule has 0 spiro atoms. The van der Waals surface area contributed by atoms with E-state index in [1.165, 1.54) is 16.7 Å². The summed E-state index contributed by atoms with van der Waals surface area (Å²) in [5.74, 6) is 4.65. The molecule has 0 saturated heterocycles. The van der Waals surface area contributed by atoms with Gasteiger partial charge in [0.1, 0.15) is 29.6 Å². The van der Waals surface area contributed by atoms with Crippen LogP contribution < -0.4 is 9.80 Å². The Kier molecular flexibility index (Phi) is 1.96. The Morgan fingerprint density at radius 3 is 1.84 bits per heavy atom. The maximum Gasteiger partial charge on any atom is 0.143 e. The van der Waals surface area contributed by atoms with Crippen LogP contribution in [0.3, 0.4) is 0 Å². The van der Waals surface area contributed by atoms with E-state index in [4.69, 9.17) is 0 Å². The second-order valence-corrected chi connectivity index (χ2v) is 7.22. The van der Waals surface area contributed by atoms with Crippen LogP contribution in [0.5, 0.6) is 0 Å². The van der Waals surface area contributed by atoms with E-state index in [0.717, 1.165) is 36.1 Å². The van der Waals surface area contributed by atoms with E-state index < -0.39 is 0 Å². The Balaban J connectivity index is 1.48. The smallest absolute Gasteiger partial charge is 0.143 e. The van der Waals surface area contributed by atoms with Crippen LogP contribution in [0.4, 0.5) is 23.3 Å². The molecule has 0 saturated carbocycles. The van der Waals surface area contributed by atoms with Gasteiger partial charge in [0.15, 0.2) is 0 Å².